The van der Waals surface area contributed by atoms with Crippen LogP contribution in [0.1, 0.15) is 23.2 Å². The van der Waals surface area contributed by atoms with E-state index in [1.54, 1.807) is 26.0 Å². The molecule has 140 valence electrons. The summed E-state index contributed by atoms with van der Waals surface area (Å²) in [5.74, 6) is 0.443. The number of benzene rings is 2. The average molecular weight is 388 g/mol. The number of hydrogen-bond donors (Lipinski definition) is 0. The second-order valence-electron chi connectivity index (χ2n) is 5.44. The Hall–Kier alpha value is -3.20. The zero-order valence-electron chi connectivity index (χ0n) is 14.6. The minimum Gasteiger partial charge on any atom is -0.462 e. The molecule has 0 unspecified atom stereocenters. The van der Waals surface area contributed by atoms with Gasteiger partial charge in [0.15, 0.2) is 0 Å². The summed E-state index contributed by atoms with van der Waals surface area (Å²) in [5.41, 5.74) is 0.922. The monoisotopic (exact) mass is 388 g/mol. The van der Waals surface area contributed by atoms with E-state index in [0.717, 1.165) is 0 Å². The average Bonchev–Trinajstić information content (AvgIpc) is 3.09. The molecule has 3 aromatic rings. The van der Waals surface area contributed by atoms with E-state index in [9.17, 15) is 13.2 Å². The van der Waals surface area contributed by atoms with E-state index in [0.29, 0.717) is 17.3 Å². The fourth-order valence-electron chi connectivity index (χ4n) is 2.22. The number of esters is 1. The van der Waals surface area contributed by atoms with Crippen molar-refractivity contribution < 1.29 is 26.7 Å². The molecule has 0 aliphatic rings. The molecule has 1 heterocycles. The van der Waals surface area contributed by atoms with E-state index < -0.39 is 16.1 Å². The molecule has 0 bridgehead atoms. The first-order valence-electron chi connectivity index (χ1n) is 8.01. The minimum absolute atomic E-state index is 0.0755. The third kappa shape index (κ3) is 4.32. The zero-order chi connectivity index (χ0) is 19.4. The summed E-state index contributed by atoms with van der Waals surface area (Å²) in [6.07, 6.45) is 0. The summed E-state index contributed by atoms with van der Waals surface area (Å²) < 4.78 is 39.7. The lowest BCUT2D eigenvalue weighted by molar-refractivity contribution is 0.0526. The summed E-state index contributed by atoms with van der Waals surface area (Å²) in [7, 11) is -4.04. The maximum Gasteiger partial charge on any atom is 0.339 e. The Bertz CT molecular complexity index is 1040. The van der Waals surface area contributed by atoms with Gasteiger partial charge < -0.3 is 13.4 Å². The molecule has 9 heteroatoms. The van der Waals surface area contributed by atoms with Crippen molar-refractivity contribution in [3.05, 3.63) is 60.0 Å². The van der Waals surface area contributed by atoms with Crippen molar-refractivity contribution in [3.63, 3.8) is 0 Å². The number of aryl methyl sites for hydroxylation is 1. The molecule has 2 aromatic carbocycles. The van der Waals surface area contributed by atoms with Crippen molar-refractivity contribution in [2.45, 2.75) is 18.7 Å². The molecule has 0 aliphatic carbocycles. The quantitative estimate of drug-likeness (QED) is 0.468. The van der Waals surface area contributed by atoms with E-state index in [-0.39, 0.29) is 22.8 Å². The standard InChI is InChI=1S/C18H16N2O6S/c1-3-24-18(21)14-6-10-16(11-7-14)27(22,23)26-15-8-4-13(5-9-15)17-19-12(2)25-20-17/h4-11H,3H2,1-2H3. The smallest absolute Gasteiger partial charge is 0.339 e. The van der Waals surface area contributed by atoms with Gasteiger partial charge in [0, 0.05) is 12.5 Å². The Balaban J connectivity index is 1.75. The summed E-state index contributed by atoms with van der Waals surface area (Å²) in [5, 5.41) is 3.79. The zero-order valence-corrected chi connectivity index (χ0v) is 15.4. The second kappa shape index (κ2) is 7.58. The van der Waals surface area contributed by atoms with Crippen LogP contribution < -0.4 is 4.18 Å². The molecule has 0 atom stereocenters. The lowest BCUT2D eigenvalue weighted by atomic mass is 10.2. The summed E-state index contributed by atoms with van der Waals surface area (Å²) in [4.78, 5) is 15.6. The Morgan fingerprint density at radius 2 is 1.74 bits per heavy atom. The fourth-order valence-corrected chi connectivity index (χ4v) is 3.15. The van der Waals surface area contributed by atoms with Crippen LogP contribution in [-0.2, 0) is 14.9 Å². The second-order valence-corrected chi connectivity index (χ2v) is 6.99. The number of ether oxygens (including phenoxy) is 1. The molecule has 27 heavy (non-hydrogen) atoms. The molecule has 0 aliphatic heterocycles. The van der Waals surface area contributed by atoms with Gasteiger partial charge in [-0.1, -0.05) is 5.16 Å². The first kappa shape index (κ1) is 18.6. The Kier molecular flexibility index (Phi) is 5.22. The third-order valence-corrected chi connectivity index (χ3v) is 4.76. The summed E-state index contributed by atoms with van der Waals surface area (Å²) in [6, 6.07) is 11.6. The highest BCUT2D eigenvalue weighted by Gasteiger charge is 2.18. The van der Waals surface area contributed by atoms with E-state index in [4.69, 9.17) is 13.4 Å². The van der Waals surface area contributed by atoms with Crippen LogP contribution in [0.25, 0.3) is 11.4 Å². The van der Waals surface area contributed by atoms with Gasteiger partial charge in [-0.3, -0.25) is 0 Å². The Labute approximate surface area is 155 Å². The number of carbonyl (C=O) groups excluding carboxylic acids is 1. The van der Waals surface area contributed by atoms with Crippen LogP contribution in [0, 0.1) is 6.92 Å². The van der Waals surface area contributed by atoms with Crippen LogP contribution in [0.5, 0.6) is 5.75 Å². The summed E-state index contributed by atoms with van der Waals surface area (Å²) in [6.45, 7) is 3.60. The van der Waals surface area contributed by atoms with Gasteiger partial charge in [0.2, 0.25) is 11.7 Å². The van der Waals surface area contributed by atoms with E-state index in [1.807, 2.05) is 0 Å². The predicted molar refractivity (Wildman–Crippen MR) is 94.7 cm³/mol. The largest absolute Gasteiger partial charge is 0.462 e. The molecule has 0 N–H and O–H groups in total. The molecular formula is C18H16N2O6S. The molecule has 0 amide bonds. The van der Waals surface area contributed by atoms with E-state index >= 15 is 0 Å². The molecule has 0 saturated heterocycles. The van der Waals surface area contributed by atoms with Gasteiger partial charge in [-0.2, -0.15) is 13.4 Å². The lowest BCUT2D eigenvalue weighted by Gasteiger charge is -2.08. The minimum atomic E-state index is -4.04. The van der Waals surface area contributed by atoms with Crippen molar-refractivity contribution in [3.8, 4) is 17.1 Å². The normalized spacial score (nSPS) is 11.2. The molecule has 1 aromatic heterocycles. The van der Waals surface area contributed by atoms with Gasteiger partial charge in [0.05, 0.1) is 12.2 Å². The molecule has 0 fully saturated rings. The van der Waals surface area contributed by atoms with Crippen LogP contribution in [0.15, 0.2) is 57.9 Å². The van der Waals surface area contributed by atoms with E-state index in [1.165, 1.54) is 36.4 Å². The highest BCUT2D eigenvalue weighted by molar-refractivity contribution is 7.87. The van der Waals surface area contributed by atoms with Gasteiger partial charge in [0.1, 0.15) is 10.6 Å². The maximum absolute atomic E-state index is 12.4. The molecule has 0 saturated carbocycles. The molecule has 3 rings (SSSR count). The maximum atomic E-state index is 12.4. The number of carbonyl (C=O) groups is 1. The van der Waals surface area contributed by atoms with Crippen molar-refractivity contribution in [2.24, 2.45) is 0 Å². The van der Waals surface area contributed by atoms with Crippen molar-refractivity contribution in [1.82, 2.24) is 10.1 Å². The van der Waals surface area contributed by atoms with Crippen molar-refractivity contribution in [2.75, 3.05) is 6.61 Å². The predicted octanol–water partition coefficient (Wildman–Crippen LogP) is 2.99. The third-order valence-electron chi connectivity index (χ3n) is 3.50. The topological polar surface area (TPSA) is 109 Å². The summed E-state index contributed by atoms with van der Waals surface area (Å²) >= 11 is 0. The number of aromatic nitrogens is 2. The molecule has 8 nitrogen and oxygen atoms in total. The van der Waals surface area contributed by atoms with Crippen LogP contribution in [0.3, 0.4) is 0 Å². The highest BCUT2D eigenvalue weighted by atomic mass is 32.2. The van der Waals surface area contributed by atoms with Gasteiger partial charge in [-0.25, -0.2) is 4.79 Å². The fraction of sp³-hybridized carbons (Fsp3) is 0.167. The van der Waals surface area contributed by atoms with Gasteiger partial charge >= 0.3 is 16.1 Å². The van der Waals surface area contributed by atoms with Crippen LogP contribution in [0.2, 0.25) is 0 Å². The van der Waals surface area contributed by atoms with E-state index in [2.05, 4.69) is 10.1 Å². The Morgan fingerprint density at radius 3 is 2.30 bits per heavy atom. The molecule has 0 spiro atoms. The highest BCUT2D eigenvalue weighted by Crippen LogP contribution is 2.23. The lowest BCUT2D eigenvalue weighted by Crippen LogP contribution is -2.10. The van der Waals surface area contributed by atoms with Crippen molar-refractivity contribution in [1.29, 1.82) is 0 Å². The molecular weight excluding hydrogens is 372 g/mol. The first-order chi connectivity index (χ1) is 12.9. The number of hydrogen-bond acceptors (Lipinski definition) is 8. The van der Waals surface area contributed by atoms with Crippen LogP contribution in [0.4, 0.5) is 0 Å². The van der Waals surface area contributed by atoms with Gasteiger partial charge in [0.25, 0.3) is 0 Å². The van der Waals surface area contributed by atoms with Gasteiger partial charge in [-0.05, 0) is 55.5 Å². The first-order valence-corrected chi connectivity index (χ1v) is 9.42. The van der Waals surface area contributed by atoms with Gasteiger partial charge in [-0.15, -0.1) is 0 Å². The number of nitrogens with zero attached hydrogens (tertiary/aromatic N) is 2. The Morgan fingerprint density at radius 1 is 1.07 bits per heavy atom. The van der Waals surface area contributed by atoms with Crippen molar-refractivity contribution >= 4 is 16.1 Å². The SMILES string of the molecule is CCOC(=O)c1ccc(S(=O)(=O)Oc2ccc(-c3noc(C)n3)cc2)cc1. The number of rotatable bonds is 6. The van der Waals surface area contributed by atoms with Crippen LogP contribution >= 0.6 is 0 Å². The molecule has 0 radical (unpaired) electrons. The van der Waals surface area contributed by atoms with Crippen LogP contribution in [-0.4, -0.2) is 31.1 Å².